The third kappa shape index (κ3) is 3.63. The van der Waals surface area contributed by atoms with Gasteiger partial charge in [0.25, 0.3) is 0 Å². The number of carbonyl (C=O) groups is 1. The molecule has 0 fully saturated rings. The zero-order valence-corrected chi connectivity index (χ0v) is 11.2. The number of hydrogen-bond acceptors (Lipinski definition) is 3. The fourth-order valence-electron chi connectivity index (χ4n) is 1.52. The summed E-state index contributed by atoms with van der Waals surface area (Å²) in [6.07, 6.45) is 0.671. The van der Waals surface area contributed by atoms with E-state index in [2.05, 4.69) is 5.32 Å². The molecule has 94 valence electrons. The molecule has 3 nitrogen and oxygen atoms in total. The molecule has 0 amide bonds. The van der Waals surface area contributed by atoms with E-state index >= 15 is 0 Å². The smallest absolute Gasteiger partial charge is 0.328 e. The van der Waals surface area contributed by atoms with Crippen molar-refractivity contribution in [3.63, 3.8) is 0 Å². The highest BCUT2D eigenvalue weighted by Crippen LogP contribution is 2.24. The molecule has 0 aliphatic heterocycles. The number of esters is 1. The highest BCUT2D eigenvalue weighted by Gasteiger charge is 2.18. The number of halogens is 1. The molecule has 1 aromatic carbocycles. The van der Waals surface area contributed by atoms with Crippen LogP contribution in [0, 0.1) is 6.92 Å². The predicted molar refractivity (Wildman–Crippen MR) is 70.5 cm³/mol. The average Bonchev–Trinajstić information content (AvgIpc) is 2.31. The molecule has 1 rings (SSSR count). The van der Waals surface area contributed by atoms with Gasteiger partial charge in [0.2, 0.25) is 0 Å². The van der Waals surface area contributed by atoms with Crippen molar-refractivity contribution in [1.82, 2.24) is 0 Å². The summed E-state index contributed by atoms with van der Waals surface area (Å²) in [5, 5.41) is 3.85. The van der Waals surface area contributed by atoms with Gasteiger partial charge in [0.05, 0.1) is 6.61 Å². The van der Waals surface area contributed by atoms with Crippen molar-refractivity contribution in [1.29, 1.82) is 0 Å². The number of ether oxygens (including phenoxy) is 1. The van der Waals surface area contributed by atoms with E-state index in [4.69, 9.17) is 16.3 Å². The maximum absolute atomic E-state index is 11.7. The summed E-state index contributed by atoms with van der Waals surface area (Å²) >= 11 is 6.03. The first kappa shape index (κ1) is 13.8. The van der Waals surface area contributed by atoms with Gasteiger partial charge in [-0.3, -0.25) is 0 Å². The number of anilines is 1. The Morgan fingerprint density at radius 1 is 1.47 bits per heavy atom. The molecule has 0 aliphatic rings. The van der Waals surface area contributed by atoms with E-state index in [0.29, 0.717) is 18.1 Å². The minimum absolute atomic E-state index is 0.227. The van der Waals surface area contributed by atoms with Crippen LogP contribution in [-0.4, -0.2) is 18.6 Å². The Morgan fingerprint density at radius 3 is 2.76 bits per heavy atom. The standard InChI is InChI=1S/C13H18ClNO2/c1-4-11(13(16)17-5-2)15-12-8-6-7-10(14)9(12)3/h6-8,11,15H,4-5H2,1-3H3. The van der Waals surface area contributed by atoms with Gasteiger partial charge in [-0.1, -0.05) is 24.6 Å². The fraction of sp³-hybridized carbons (Fsp3) is 0.462. The van der Waals surface area contributed by atoms with Gasteiger partial charge >= 0.3 is 5.97 Å². The maximum Gasteiger partial charge on any atom is 0.328 e. The highest BCUT2D eigenvalue weighted by molar-refractivity contribution is 6.31. The number of rotatable bonds is 5. The van der Waals surface area contributed by atoms with E-state index in [1.54, 1.807) is 6.92 Å². The number of nitrogens with one attached hydrogen (secondary N) is 1. The second-order valence-corrected chi connectivity index (χ2v) is 4.18. The van der Waals surface area contributed by atoms with E-state index in [0.717, 1.165) is 11.3 Å². The molecular weight excluding hydrogens is 238 g/mol. The molecule has 0 saturated carbocycles. The van der Waals surface area contributed by atoms with Gasteiger partial charge < -0.3 is 10.1 Å². The van der Waals surface area contributed by atoms with Crippen LogP contribution in [0.2, 0.25) is 5.02 Å². The van der Waals surface area contributed by atoms with E-state index in [-0.39, 0.29) is 12.0 Å². The number of carbonyl (C=O) groups excluding carboxylic acids is 1. The normalized spacial score (nSPS) is 12.0. The average molecular weight is 256 g/mol. The van der Waals surface area contributed by atoms with Gasteiger partial charge in [-0.05, 0) is 38.0 Å². The maximum atomic E-state index is 11.7. The Morgan fingerprint density at radius 2 is 2.18 bits per heavy atom. The molecule has 0 aromatic heterocycles. The monoisotopic (exact) mass is 255 g/mol. The first-order valence-electron chi connectivity index (χ1n) is 5.78. The van der Waals surface area contributed by atoms with Gasteiger partial charge in [0.15, 0.2) is 0 Å². The predicted octanol–water partition coefficient (Wildman–Crippen LogP) is 3.40. The molecule has 0 heterocycles. The molecule has 1 atom stereocenters. The van der Waals surface area contributed by atoms with Gasteiger partial charge in [0.1, 0.15) is 6.04 Å². The zero-order valence-electron chi connectivity index (χ0n) is 10.4. The Kier molecular flexibility index (Phi) is 5.29. The van der Waals surface area contributed by atoms with Crippen molar-refractivity contribution >= 4 is 23.3 Å². The Hall–Kier alpha value is -1.22. The van der Waals surface area contributed by atoms with Crippen LogP contribution in [0.25, 0.3) is 0 Å². The third-order valence-electron chi connectivity index (χ3n) is 2.58. The van der Waals surface area contributed by atoms with Crippen LogP contribution in [0.1, 0.15) is 25.8 Å². The largest absolute Gasteiger partial charge is 0.464 e. The lowest BCUT2D eigenvalue weighted by atomic mass is 10.1. The molecule has 0 bridgehead atoms. The molecular formula is C13H18ClNO2. The molecule has 0 saturated heterocycles. The van der Waals surface area contributed by atoms with Crippen LogP contribution < -0.4 is 5.32 Å². The van der Waals surface area contributed by atoms with Gasteiger partial charge in [-0.15, -0.1) is 0 Å². The van der Waals surface area contributed by atoms with Crippen molar-refractivity contribution in [3.8, 4) is 0 Å². The van der Waals surface area contributed by atoms with Crippen LogP contribution in [-0.2, 0) is 9.53 Å². The minimum Gasteiger partial charge on any atom is -0.464 e. The summed E-state index contributed by atoms with van der Waals surface area (Å²) in [7, 11) is 0. The summed E-state index contributed by atoms with van der Waals surface area (Å²) in [6.45, 7) is 6.05. The quantitative estimate of drug-likeness (QED) is 0.820. The second kappa shape index (κ2) is 6.50. The molecule has 17 heavy (non-hydrogen) atoms. The summed E-state index contributed by atoms with van der Waals surface area (Å²) in [5.41, 5.74) is 1.81. The molecule has 1 N–H and O–H groups in total. The second-order valence-electron chi connectivity index (χ2n) is 3.77. The lowest BCUT2D eigenvalue weighted by Crippen LogP contribution is -2.31. The van der Waals surface area contributed by atoms with Gasteiger partial charge in [-0.2, -0.15) is 0 Å². The van der Waals surface area contributed by atoms with Crippen LogP contribution in [0.5, 0.6) is 0 Å². The Labute approximate surface area is 107 Å². The van der Waals surface area contributed by atoms with Crippen LogP contribution in [0.15, 0.2) is 18.2 Å². The van der Waals surface area contributed by atoms with Crippen LogP contribution >= 0.6 is 11.6 Å². The lowest BCUT2D eigenvalue weighted by Gasteiger charge is -2.18. The van der Waals surface area contributed by atoms with Crippen LogP contribution in [0.3, 0.4) is 0 Å². The SMILES string of the molecule is CCOC(=O)C(CC)Nc1cccc(Cl)c1C. The number of benzene rings is 1. The van der Waals surface area contributed by atoms with E-state index in [1.807, 2.05) is 32.0 Å². The molecule has 1 unspecified atom stereocenters. The fourth-order valence-corrected chi connectivity index (χ4v) is 1.70. The van der Waals surface area contributed by atoms with Gasteiger partial charge in [-0.25, -0.2) is 4.79 Å². The van der Waals surface area contributed by atoms with Gasteiger partial charge in [0, 0.05) is 10.7 Å². The molecule has 1 aromatic rings. The first-order valence-corrected chi connectivity index (χ1v) is 6.16. The van der Waals surface area contributed by atoms with Crippen molar-refractivity contribution in [3.05, 3.63) is 28.8 Å². The first-order chi connectivity index (χ1) is 8.10. The number of hydrogen-bond donors (Lipinski definition) is 1. The summed E-state index contributed by atoms with van der Waals surface area (Å²) in [5.74, 6) is -0.227. The van der Waals surface area contributed by atoms with E-state index in [9.17, 15) is 4.79 Å². The van der Waals surface area contributed by atoms with Crippen molar-refractivity contribution in [2.24, 2.45) is 0 Å². The van der Waals surface area contributed by atoms with Crippen molar-refractivity contribution in [2.45, 2.75) is 33.2 Å². The molecule has 0 spiro atoms. The zero-order chi connectivity index (χ0) is 12.8. The summed E-state index contributed by atoms with van der Waals surface area (Å²) in [6, 6.07) is 5.26. The molecule has 4 heteroatoms. The summed E-state index contributed by atoms with van der Waals surface area (Å²) < 4.78 is 5.00. The van der Waals surface area contributed by atoms with Crippen LogP contribution in [0.4, 0.5) is 5.69 Å². The highest BCUT2D eigenvalue weighted by atomic mass is 35.5. The molecule has 0 aliphatic carbocycles. The van der Waals surface area contributed by atoms with E-state index < -0.39 is 0 Å². The minimum atomic E-state index is -0.327. The lowest BCUT2D eigenvalue weighted by molar-refractivity contribution is -0.144. The van der Waals surface area contributed by atoms with Crippen molar-refractivity contribution in [2.75, 3.05) is 11.9 Å². The van der Waals surface area contributed by atoms with Crippen molar-refractivity contribution < 1.29 is 9.53 Å². The Balaban J connectivity index is 2.80. The summed E-state index contributed by atoms with van der Waals surface area (Å²) in [4.78, 5) is 11.7. The third-order valence-corrected chi connectivity index (χ3v) is 2.99. The molecule has 0 radical (unpaired) electrons. The van der Waals surface area contributed by atoms with E-state index in [1.165, 1.54) is 0 Å². The topological polar surface area (TPSA) is 38.3 Å². The Bertz CT molecular complexity index is 393.